The minimum Gasteiger partial charge on any atom is -0.373 e. The second-order valence-electron chi connectivity index (χ2n) is 5.15. The summed E-state index contributed by atoms with van der Waals surface area (Å²) >= 11 is 0. The predicted molar refractivity (Wildman–Crippen MR) is 47.8 cm³/mol. The van der Waals surface area contributed by atoms with E-state index in [0.29, 0.717) is 6.10 Å². The van der Waals surface area contributed by atoms with Gasteiger partial charge in [-0.15, -0.1) is 0 Å². The first-order chi connectivity index (χ1) is 5.77. The van der Waals surface area contributed by atoms with Gasteiger partial charge in [-0.05, 0) is 42.4 Å². The highest BCUT2D eigenvalue weighted by molar-refractivity contribution is 5.01. The third-order valence-corrected chi connectivity index (χ3v) is 4.78. The lowest BCUT2D eigenvalue weighted by Gasteiger charge is -2.30. The van der Waals surface area contributed by atoms with Crippen LogP contribution in [0, 0.1) is 29.6 Å². The molecule has 0 N–H and O–H groups in total. The van der Waals surface area contributed by atoms with Gasteiger partial charge in [-0.1, -0.05) is 13.8 Å². The Morgan fingerprint density at radius 3 is 2.17 bits per heavy atom. The lowest BCUT2D eigenvalue weighted by molar-refractivity contribution is 0.158. The van der Waals surface area contributed by atoms with Crippen molar-refractivity contribution in [3.63, 3.8) is 0 Å². The van der Waals surface area contributed by atoms with E-state index in [1.54, 1.807) is 0 Å². The molecular weight excluding hydrogens is 148 g/mol. The topological polar surface area (TPSA) is 12.5 Å². The Labute approximate surface area is 74.5 Å². The monoisotopic (exact) mass is 166 g/mol. The fourth-order valence-electron chi connectivity index (χ4n) is 3.73. The zero-order valence-electron chi connectivity index (χ0n) is 7.99. The Kier molecular flexibility index (Phi) is 1.39. The van der Waals surface area contributed by atoms with E-state index in [1.807, 2.05) is 0 Å². The van der Waals surface area contributed by atoms with E-state index in [1.165, 1.54) is 12.8 Å². The first-order valence-corrected chi connectivity index (χ1v) is 5.39. The predicted octanol–water partition coefficient (Wildman–Crippen LogP) is 2.31. The fourth-order valence-corrected chi connectivity index (χ4v) is 3.73. The first-order valence-electron chi connectivity index (χ1n) is 5.39. The number of hydrogen-bond donors (Lipinski definition) is 0. The maximum atomic E-state index is 5.43. The molecule has 12 heavy (non-hydrogen) atoms. The van der Waals surface area contributed by atoms with Crippen LogP contribution < -0.4 is 0 Å². The van der Waals surface area contributed by atoms with Gasteiger partial charge >= 0.3 is 0 Å². The van der Waals surface area contributed by atoms with Gasteiger partial charge in [0, 0.05) is 0 Å². The zero-order chi connectivity index (χ0) is 8.29. The Morgan fingerprint density at radius 2 is 1.67 bits per heavy atom. The molecule has 0 aromatic heterocycles. The average molecular weight is 166 g/mol. The van der Waals surface area contributed by atoms with Crippen molar-refractivity contribution in [2.45, 2.75) is 32.8 Å². The molecule has 2 saturated carbocycles. The molecule has 6 atom stereocenters. The van der Waals surface area contributed by atoms with Crippen molar-refractivity contribution in [2.24, 2.45) is 29.6 Å². The molecule has 1 aliphatic heterocycles. The summed E-state index contributed by atoms with van der Waals surface area (Å²) in [5.41, 5.74) is 0. The summed E-state index contributed by atoms with van der Waals surface area (Å²) in [7, 11) is 0. The Hall–Kier alpha value is -0.0400. The van der Waals surface area contributed by atoms with Crippen molar-refractivity contribution in [2.75, 3.05) is 6.61 Å². The molecule has 3 fully saturated rings. The molecule has 1 heterocycles. The molecule has 0 radical (unpaired) electrons. The van der Waals surface area contributed by atoms with Crippen LogP contribution >= 0.6 is 0 Å². The van der Waals surface area contributed by atoms with Crippen LogP contribution in [0.2, 0.25) is 0 Å². The van der Waals surface area contributed by atoms with Crippen LogP contribution in [-0.4, -0.2) is 12.7 Å². The van der Waals surface area contributed by atoms with Crippen LogP contribution in [0.15, 0.2) is 0 Å². The number of rotatable bonds is 1. The maximum absolute atomic E-state index is 5.43. The van der Waals surface area contributed by atoms with E-state index >= 15 is 0 Å². The fraction of sp³-hybridized carbons (Fsp3) is 1.00. The van der Waals surface area contributed by atoms with Crippen LogP contribution in [0.25, 0.3) is 0 Å². The van der Waals surface area contributed by atoms with Gasteiger partial charge in [-0.2, -0.15) is 0 Å². The Balaban J connectivity index is 1.79. The second-order valence-corrected chi connectivity index (χ2v) is 5.15. The summed E-state index contributed by atoms with van der Waals surface area (Å²) < 4.78 is 5.43. The molecule has 3 rings (SSSR count). The van der Waals surface area contributed by atoms with E-state index in [4.69, 9.17) is 4.74 Å². The van der Waals surface area contributed by atoms with Crippen molar-refractivity contribution in [1.82, 2.24) is 0 Å². The lowest BCUT2D eigenvalue weighted by Crippen LogP contribution is -2.27. The van der Waals surface area contributed by atoms with Gasteiger partial charge in [-0.25, -0.2) is 0 Å². The SMILES string of the molecule is CC1C2CC(C3CO3)C(C2)C1C. The normalized spacial score (nSPS) is 62.5. The first kappa shape index (κ1) is 7.37. The van der Waals surface area contributed by atoms with Gasteiger partial charge in [0.15, 0.2) is 0 Å². The van der Waals surface area contributed by atoms with Gasteiger partial charge in [0.05, 0.1) is 12.7 Å². The van der Waals surface area contributed by atoms with Crippen LogP contribution in [0.5, 0.6) is 0 Å². The van der Waals surface area contributed by atoms with Crippen LogP contribution in [0.4, 0.5) is 0 Å². The summed E-state index contributed by atoms with van der Waals surface area (Å²) in [5.74, 6) is 4.96. The molecule has 6 unspecified atom stereocenters. The molecule has 0 amide bonds. The molecule has 68 valence electrons. The average Bonchev–Trinajstić information content (AvgIpc) is 2.77. The number of epoxide rings is 1. The molecule has 1 saturated heterocycles. The highest BCUT2D eigenvalue weighted by atomic mass is 16.6. The highest BCUT2D eigenvalue weighted by Crippen LogP contribution is 2.57. The van der Waals surface area contributed by atoms with Gasteiger partial charge in [0.1, 0.15) is 0 Å². The third kappa shape index (κ3) is 0.834. The number of ether oxygens (including phenoxy) is 1. The molecule has 3 aliphatic rings. The Morgan fingerprint density at radius 1 is 1.00 bits per heavy atom. The minimum absolute atomic E-state index is 0.676. The van der Waals surface area contributed by atoms with Gasteiger partial charge < -0.3 is 4.74 Å². The number of fused-ring (bicyclic) bond motifs is 2. The maximum Gasteiger partial charge on any atom is 0.0840 e. The highest BCUT2D eigenvalue weighted by Gasteiger charge is 2.53. The summed E-state index contributed by atoms with van der Waals surface area (Å²) in [4.78, 5) is 0. The second kappa shape index (κ2) is 2.25. The van der Waals surface area contributed by atoms with Crippen molar-refractivity contribution < 1.29 is 4.74 Å². The molecule has 0 aromatic rings. The summed E-state index contributed by atoms with van der Waals surface area (Å²) in [6.07, 6.45) is 3.66. The summed E-state index contributed by atoms with van der Waals surface area (Å²) in [5, 5.41) is 0. The van der Waals surface area contributed by atoms with Gasteiger partial charge in [-0.3, -0.25) is 0 Å². The van der Waals surface area contributed by atoms with Gasteiger partial charge in [0.2, 0.25) is 0 Å². The molecule has 0 aromatic carbocycles. The van der Waals surface area contributed by atoms with Crippen LogP contribution in [-0.2, 0) is 4.74 Å². The molecule has 1 nitrogen and oxygen atoms in total. The minimum atomic E-state index is 0.676. The molecule has 2 bridgehead atoms. The largest absolute Gasteiger partial charge is 0.373 e. The van der Waals surface area contributed by atoms with E-state index in [0.717, 1.165) is 36.2 Å². The van der Waals surface area contributed by atoms with E-state index < -0.39 is 0 Å². The number of hydrogen-bond acceptors (Lipinski definition) is 1. The third-order valence-electron chi connectivity index (χ3n) is 4.78. The van der Waals surface area contributed by atoms with E-state index in [9.17, 15) is 0 Å². The standard InChI is InChI=1S/C11H18O/c1-6-7(2)9-3-8(6)4-10(9)11-5-12-11/h6-11H,3-5H2,1-2H3. The zero-order valence-corrected chi connectivity index (χ0v) is 7.99. The van der Waals surface area contributed by atoms with Crippen LogP contribution in [0.1, 0.15) is 26.7 Å². The summed E-state index contributed by atoms with van der Waals surface area (Å²) in [6.45, 7) is 5.96. The van der Waals surface area contributed by atoms with Crippen molar-refractivity contribution in [1.29, 1.82) is 0 Å². The van der Waals surface area contributed by atoms with Crippen molar-refractivity contribution >= 4 is 0 Å². The van der Waals surface area contributed by atoms with Crippen molar-refractivity contribution in [3.05, 3.63) is 0 Å². The molecule has 2 aliphatic carbocycles. The Bertz CT molecular complexity index is 195. The lowest BCUT2D eigenvalue weighted by atomic mass is 9.74. The molecular formula is C11H18O. The quantitative estimate of drug-likeness (QED) is 0.545. The van der Waals surface area contributed by atoms with E-state index in [2.05, 4.69) is 13.8 Å². The summed E-state index contributed by atoms with van der Waals surface area (Å²) in [6, 6.07) is 0. The molecule has 1 heteroatoms. The van der Waals surface area contributed by atoms with Crippen LogP contribution in [0.3, 0.4) is 0 Å². The van der Waals surface area contributed by atoms with Crippen molar-refractivity contribution in [3.8, 4) is 0 Å². The molecule has 0 spiro atoms. The van der Waals surface area contributed by atoms with E-state index in [-0.39, 0.29) is 0 Å². The van der Waals surface area contributed by atoms with Gasteiger partial charge in [0.25, 0.3) is 0 Å². The smallest absolute Gasteiger partial charge is 0.0840 e.